The number of carbonyl (C=O) groups excluding carboxylic acids is 2. The van der Waals surface area contributed by atoms with Gasteiger partial charge in [-0.05, 0) is 35.8 Å². The maximum atomic E-state index is 12.7. The normalized spacial score (nSPS) is 17.9. The minimum atomic E-state index is -3.52. The first-order valence-electron chi connectivity index (χ1n) is 10.8. The minimum absolute atomic E-state index is 0.0214. The van der Waals surface area contributed by atoms with Gasteiger partial charge in [-0.2, -0.15) is 4.31 Å². The van der Waals surface area contributed by atoms with Crippen LogP contribution >= 0.6 is 0 Å². The van der Waals surface area contributed by atoms with Crippen molar-refractivity contribution in [2.75, 3.05) is 37.6 Å². The van der Waals surface area contributed by atoms with Crippen molar-refractivity contribution in [3.63, 3.8) is 0 Å². The van der Waals surface area contributed by atoms with Gasteiger partial charge in [-0.1, -0.05) is 42.5 Å². The molecule has 2 amide bonds. The van der Waals surface area contributed by atoms with Gasteiger partial charge in [0.15, 0.2) is 0 Å². The molecule has 2 aliphatic heterocycles. The molecular formula is C24H27N3O4S. The predicted octanol–water partition coefficient (Wildman–Crippen LogP) is 2.50. The topological polar surface area (TPSA) is 78.0 Å². The average Bonchev–Trinajstić information content (AvgIpc) is 3.25. The summed E-state index contributed by atoms with van der Waals surface area (Å²) in [6.45, 7) is 2.05. The van der Waals surface area contributed by atoms with Crippen LogP contribution in [-0.2, 0) is 26.0 Å². The zero-order valence-electron chi connectivity index (χ0n) is 17.9. The Balaban J connectivity index is 1.29. The Morgan fingerprint density at radius 3 is 2.22 bits per heavy atom. The number of benzene rings is 2. The Morgan fingerprint density at radius 2 is 1.59 bits per heavy atom. The van der Waals surface area contributed by atoms with Crippen LogP contribution in [0.1, 0.15) is 24.0 Å². The van der Waals surface area contributed by atoms with Crippen molar-refractivity contribution in [3.05, 3.63) is 71.1 Å². The molecule has 0 atom stereocenters. The molecule has 0 unspecified atom stereocenters. The van der Waals surface area contributed by atoms with Crippen LogP contribution in [0.4, 0.5) is 5.69 Å². The second kappa shape index (κ2) is 9.67. The Kier molecular flexibility index (Phi) is 6.72. The molecule has 0 radical (unpaired) electrons. The van der Waals surface area contributed by atoms with Gasteiger partial charge in [0.05, 0.1) is 6.42 Å². The Bertz CT molecular complexity index is 1090. The third-order valence-corrected chi connectivity index (χ3v) is 7.42. The molecule has 7 nitrogen and oxygen atoms in total. The fourth-order valence-corrected chi connectivity index (χ4v) is 5.18. The van der Waals surface area contributed by atoms with Crippen LogP contribution in [0.25, 0.3) is 6.08 Å². The van der Waals surface area contributed by atoms with E-state index in [9.17, 15) is 18.0 Å². The highest BCUT2D eigenvalue weighted by Gasteiger charge is 2.27. The number of carbonyl (C=O) groups is 2. The summed E-state index contributed by atoms with van der Waals surface area (Å²) in [5.74, 6) is 0.118. The molecule has 2 aromatic carbocycles. The first-order chi connectivity index (χ1) is 15.4. The molecular weight excluding hydrogens is 426 g/mol. The summed E-state index contributed by atoms with van der Waals surface area (Å²) in [5.41, 5.74) is 2.57. The summed E-state index contributed by atoms with van der Waals surface area (Å²) in [5, 5.41) is 1.23. The van der Waals surface area contributed by atoms with Gasteiger partial charge in [0.1, 0.15) is 0 Å². The fraction of sp³-hybridized carbons (Fsp3) is 0.333. The van der Waals surface area contributed by atoms with E-state index in [2.05, 4.69) is 0 Å². The lowest BCUT2D eigenvalue weighted by Gasteiger charge is -2.33. The summed E-state index contributed by atoms with van der Waals surface area (Å²) in [7, 11) is -3.52. The van der Waals surface area contributed by atoms with Crippen LogP contribution < -0.4 is 4.90 Å². The van der Waals surface area contributed by atoms with E-state index in [1.807, 2.05) is 54.6 Å². The lowest BCUT2D eigenvalue weighted by atomic mass is 10.1. The van der Waals surface area contributed by atoms with Gasteiger partial charge >= 0.3 is 0 Å². The summed E-state index contributed by atoms with van der Waals surface area (Å²) >= 11 is 0. The summed E-state index contributed by atoms with van der Waals surface area (Å²) < 4.78 is 26.6. The molecule has 0 aromatic heterocycles. The number of piperazine rings is 1. The van der Waals surface area contributed by atoms with E-state index in [4.69, 9.17) is 0 Å². The SMILES string of the molecule is O=C(Cc1ccc(N2CCCC2=O)cc1)N1CCN(S(=O)(=O)/C=C/c2ccccc2)CC1. The van der Waals surface area contributed by atoms with Gasteiger partial charge in [0, 0.05) is 50.2 Å². The molecule has 0 N–H and O–H groups in total. The van der Waals surface area contributed by atoms with Crippen molar-refractivity contribution in [1.82, 2.24) is 9.21 Å². The molecule has 4 rings (SSSR count). The van der Waals surface area contributed by atoms with Crippen molar-refractivity contribution in [1.29, 1.82) is 0 Å². The summed E-state index contributed by atoms with van der Waals surface area (Å²) in [4.78, 5) is 28.1. The van der Waals surface area contributed by atoms with Gasteiger partial charge in [0.2, 0.25) is 21.8 Å². The number of sulfonamides is 1. The van der Waals surface area contributed by atoms with E-state index in [0.717, 1.165) is 29.8 Å². The highest BCUT2D eigenvalue weighted by molar-refractivity contribution is 7.92. The monoisotopic (exact) mass is 453 g/mol. The van der Waals surface area contributed by atoms with E-state index >= 15 is 0 Å². The molecule has 0 bridgehead atoms. The molecule has 2 saturated heterocycles. The van der Waals surface area contributed by atoms with Crippen molar-refractivity contribution >= 4 is 33.6 Å². The Hall–Kier alpha value is -2.97. The molecule has 168 valence electrons. The van der Waals surface area contributed by atoms with Gasteiger partial charge in [-0.3, -0.25) is 9.59 Å². The van der Waals surface area contributed by atoms with Crippen molar-refractivity contribution in [2.45, 2.75) is 19.3 Å². The molecule has 0 saturated carbocycles. The van der Waals surface area contributed by atoms with Crippen LogP contribution in [0.2, 0.25) is 0 Å². The van der Waals surface area contributed by atoms with E-state index < -0.39 is 10.0 Å². The first-order valence-corrected chi connectivity index (χ1v) is 12.3. The molecule has 2 aromatic rings. The number of rotatable bonds is 6. The van der Waals surface area contributed by atoms with E-state index in [0.29, 0.717) is 19.5 Å². The van der Waals surface area contributed by atoms with Gasteiger partial charge in [-0.15, -0.1) is 0 Å². The van der Waals surface area contributed by atoms with E-state index in [1.54, 1.807) is 15.9 Å². The van der Waals surface area contributed by atoms with Gasteiger partial charge in [0.25, 0.3) is 0 Å². The van der Waals surface area contributed by atoms with Crippen molar-refractivity contribution < 1.29 is 18.0 Å². The third kappa shape index (κ3) is 5.26. The predicted molar refractivity (Wildman–Crippen MR) is 124 cm³/mol. The fourth-order valence-electron chi connectivity index (χ4n) is 4.01. The molecule has 32 heavy (non-hydrogen) atoms. The molecule has 8 heteroatoms. The highest BCUT2D eigenvalue weighted by Crippen LogP contribution is 2.22. The largest absolute Gasteiger partial charge is 0.340 e. The second-order valence-electron chi connectivity index (χ2n) is 8.03. The molecule has 0 aliphatic carbocycles. The lowest BCUT2D eigenvalue weighted by molar-refractivity contribution is -0.131. The van der Waals surface area contributed by atoms with Gasteiger partial charge < -0.3 is 9.80 Å². The standard InChI is InChI=1S/C24H27N3O4S/c28-23-7-4-13-27(23)22-10-8-21(9-11-22)19-24(29)25-14-16-26(17-15-25)32(30,31)18-12-20-5-2-1-3-6-20/h1-3,5-6,8-12,18H,4,7,13-17,19H2/b18-12+. The molecule has 2 heterocycles. The second-order valence-corrected chi connectivity index (χ2v) is 9.85. The van der Waals surface area contributed by atoms with Crippen LogP contribution in [0, 0.1) is 0 Å². The van der Waals surface area contributed by atoms with E-state index in [-0.39, 0.29) is 31.3 Å². The number of hydrogen-bond acceptors (Lipinski definition) is 4. The van der Waals surface area contributed by atoms with E-state index in [1.165, 1.54) is 9.71 Å². The minimum Gasteiger partial charge on any atom is -0.340 e. The van der Waals surface area contributed by atoms with Crippen LogP contribution in [0.3, 0.4) is 0 Å². The number of hydrogen-bond donors (Lipinski definition) is 0. The smallest absolute Gasteiger partial charge is 0.236 e. The zero-order valence-corrected chi connectivity index (χ0v) is 18.7. The number of anilines is 1. The molecule has 0 spiro atoms. The number of amides is 2. The number of nitrogens with zero attached hydrogens (tertiary/aromatic N) is 3. The maximum absolute atomic E-state index is 12.7. The third-order valence-electron chi connectivity index (χ3n) is 5.86. The average molecular weight is 454 g/mol. The van der Waals surface area contributed by atoms with Crippen LogP contribution in [-0.4, -0.2) is 62.2 Å². The van der Waals surface area contributed by atoms with Gasteiger partial charge in [-0.25, -0.2) is 8.42 Å². The lowest BCUT2D eigenvalue weighted by Crippen LogP contribution is -2.50. The Labute approximate surface area is 189 Å². The zero-order chi connectivity index (χ0) is 22.6. The Morgan fingerprint density at radius 1 is 0.906 bits per heavy atom. The maximum Gasteiger partial charge on any atom is 0.236 e. The first kappa shape index (κ1) is 22.2. The van der Waals surface area contributed by atoms with Crippen molar-refractivity contribution in [3.8, 4) is 0 Å². The van der Waals surface area contributed by atoms with Crippen molar-refractivity contribution in [2.24, 2.45) is 0 Å². The molecule has 2 fully saturated rings. The quantitative estimate of drug-likeness (QED) is 0.673. The van der Waals surface area contributed by atoms with Crippen LogP contribution in [0.5, 0.6) is 0 Å². The highest BCUT2D eigenvalue weighted by atomic mass is 32.2. The summed E-state index contributed by atoms with van der Waals surface area (Å²) in [6, 6.07) is 16.8. The van der Waals surface area contributed by atoms with Crippen LogP contribution in [0.15, 0.2) is 60.0 Å². The molecule has 2 aliphatic rings. The summed E-state index contributed by atoms with van der Waals surface area (Å²) in [6.07, 6.45) is 3.31.